The summed E-state index contributed by atoms with van der Waals surface area (Å²) < 4.78 is 31.0. The van der Waals surface area contributed by atoms with Crippen LogP contribution < -0.4 is 4.90 Å². The van der Waals surface area contributed by atoms with Crippen LogP contribution in [0.4, 0.5) is 20.2 Å². The number of nitrogens with zero attached hydrogens (tertiary/aromatic N) is 1. The molecule has 0 fully saturated rings. The molecule has 0 bridgehead atoms. The Bertz CT molecular complexity index is 1520. The van der Waals surface area contributed by atoms with Gasteiger partial charge in [-0.1, -0.05) is 91.0 Å². The molecular weight excluding hydrogens is 460 g/mol. The lowest BCUT2D eigenvalue weighted by Crippen LogP contribution is -2.38. The fourth-order valence-electron chi connectivity index (χ4n) is 4.81. The van der Waals surface area contributed by atoms with Crippen LogP contribution in [0.15, 0.2) is 121 Å². The van der Waals surface area contributed by atoms with Crippen molar-refractivity contribution in [2.75, 3.05) is 4.90 Å². The van der Waals surface area contributed by atoms with Gasteiger partial charge in [0.05, 0.1) is 11.4 Å². The minimum absolute atomic E-state index is 0.331. The average Bonchev–Trinajstić information content (AvgIpc) is 2.91. The molecule has 0 atom stereocenters. The van der Waals surface area contributed by atoms with Crippen LogP contribution in [0.3, 0.4) is 0 Å². The van der Waals surface area contributed by atoms with Crippen molar-refractivity contribution in [3.8, 4) is 33.4 Å². The third-order valence-electron chi connectivity index (χ3n) is 6.46. The number of rotatable bonds is 5. The van der Waals surface area contributed by atoms with Gasteiger partial charge >= 0.3 is 0 Å². The maximum Gasteiger partial charge on any atom is 0.147 e. The van der Waals surface area contributed by atoms with Crippen LogP contribution in [0.25, 0.3) is 33.4 Å². The molecule has 5 aromatic carbocycles. The molecule has 0 spiro atoms. The first-order valence-electron chi connectivity index (χ1n) is 12.4. The van der Waals surface area contributed by atoms with E-state index in [1.54, 1.807) is 29.2 Å². The number of hydrogen-bond donors (Lipinski definition) is 0. The molecule has 5 rings (SSSR count). The molecule has 0 aromatic heterocycles. The number of hydrogen-bond acceptors (Lipinski definition) is 1. The normalized spacial score (nSPS) is 11.4. The van der Waals surface area contributed by atoms with Crippen molar-refractivity contribution >= 4 is 11.4 Å². The summed E-state index contributed by atoms with van der Waals surface area (Å²) in [7, 11) is 0. The first kappa shape index (κ1) is 24.5. The van der Waals surface area contributed by atoms with Crippen LogP contribution in [0.2, 0.25) is 0 Å². The van der Waals surface area contributed by atoms with E-state index in [2.05, 4.69) is 24.3 Å². The zero-order valence-corrected chi connectivity index (χ0v) is 21.3. The fraction of sp³-hybridized carbons (Fsp3) is 0.118. The second kappa shape index (κ2) is 10.0. The highest BCUT2D eigenvalue weighted by atomic mass is 19.1. The predicted molar refractivity (Wildman–Crippen MR) is 151 cm³/mol. The maximum absolute atomic E-state index is 16.0. The highest BCUT2D eigenvalue weighted by Gasteiger charge is 2.29. The Hall–Kier alpha value is -4.24. The third-order valence-corrected chi connectivity index (χ3v) is 6.46. The minimum atomic E-state index is -0.583. The molecule has 0 aliphatic rings. The van der Waals surface area contributed by atoms with Crippen LogP contribution in [0.5, 0.6) is 0 Å². The SMILES string of the molecule is CC(C)(C)N(c1ccccc1F)c1cc(-c2cccc(-c3ccccc3)c2)c(-c2ccccc2)cc1F. The van der Waals surface area contributed by atoms with Gasteiger partial charge in [0.1, 0.15) is 11.6 Å². The van der Waals surface area contributed by atoms with E-state index in [9.17, 15) is 0 Å². The molecular formula is C34H29F2N. The molecule has 37 heavy (non-hydrogen) atoms. The van der Waals surface area contributed by atoms with E-state index in [1.165, 1.54) is 6.07 Å². The number of anilines is 2. The second-order valence-corrected chi connectivity index (χ2v) is 10.1. The van der Waals surface area contributed by atoms with Gasteiger partial charge in [0.25, 0.3) is 0 Å². The summed E-state index contributed by atoms with van der Waals surface area (Å²) in [6.45, 7) is 5.87. The Morgan fingerprint density at radius 1 is 0.459 bits per heavy atom. The van der Waals surface area contributed by atoms with Crippen molar-refractivity contribution in [1.82, 2.24) is 0 Å². The van der Waals surface area contributed by atoms with Crippen molar-refractivity contribution in [2.24, 2.45) is 0 Å². The molecule has 0 unspecified atom stereocenters. The van der Waals surface area contributed by atoms with E-state index < -0.39 is 17.2 Å². The monoisotopic (exact) mass is 489 g/mol. The van der Waals surface area contributed by atoms with Crippen LogP contribution in [-0.2, 0) is 0 Å². The summed E-state index contributed by atoms with van der Waals surface area (Å²) in [5, 5.41) is 0. The van der Waals surface area contributed by atoms with Gasteiger partial charge in [-0.25, -0.2) is 8.78 Å². The molecule has 5 aromatic rings. The third kappa shape index (κ3) is 5.03. The molecule has 0 radical (unpaired) electrons. The Morgan fingerprint density at radius 2 is 1.00 bits per heavy atom. The zero-order valence-electron chi connectivity index (χ0n) is 21.3. The summed E-state index contributed by atoms with van der Waals surface area (Å²) in [5.41, 5.74) is 5.81. The van der Waals surface area contributed by atoms with Gasteiger partial charge in [-0.05, 0) is 84.5 Å². The number of para-hydroxylation sites is 1. The van der Waals surface area contributed by atoms with E-state index in [4.69, 9.17) is 0 Å². The van der Waals surface area contributed by atoms with Gasteiger partial charge in [0.15, 0.2) is 0 Å². The van der Waals surface area contributed by atoms with Crippen molar-refractivity contribution in [3.05, 3.63) is 133 Å². The fourth-order valence-corrected chi connectivity index (χ4v) is 4.81. The summed E-state index contributed by atoms with van der Waals surface area (Å²) in [4.78, 5) is 1.75. The highest BCUT2D eigenvalue weighted by Crippen LogP contribution is 2.43. The molecule has 0 amide bonds. The zero-order chi connectivity index (χ0) is 26.0. The maximum atomic E-state index is 16.0. The Morgan fingerprint density at radius 3 is 1.65 bits per heavy atom. The van der Waals surface area contributed by atoms with Gasteiger partial charge < -0.3 is 4.90 Å². The summed E-state index contributed by atoms with van der Waals surface area (Å²) in [6.07, 6.45) is 0. The molecule has 0 aliphatic carbocycles. The molecule has 3 heteroatoms. The van der Waals surface area contributed by atoms with Gasteiger partial charge in [0, 0.05) is 5.54 Å². The van der Waals surface area contributed by atoms with E-state index in [0.29, 0.717) is 11.4 Å². The van der Waals surface area contributed by atoms with Crippen molar-refractivity contribution in [2.45, 2.75) is 26.3 Å². The van der Waals surface area contributed by atoms with Crippen molar-refractivity contribution in [1.29, 1.82) is 0 Å². The van der Waals surface area contributed by atoms with E-state index in [0.717, 1.165) is 33.4 Å². The van der Waals surface area contributed by atoms with Gasteiger partial charge in [-0.2, -0.15) is 0 Å². The van der Waals surface area contributed by atoms with Gasteiger partial charge in [-0.15, -0.1) is 0 Å². The van der Waals surface area contributed by atoms with Crippen molar-refractivity contribution < 1.29 is 8.78 Å². The number of halogens is 2. The largest absolute Gasteiger partial charge is 0.331 e. The topological polar surface area (TPSA) is 3.24 Å². The Kier molecular flexibility index (Phi) is 6.62. The molecule has 0 heterocycles. The summed E-state index contributed by atoms with van der Waals surface area (Å²) in [6, 6.07) is 38.2. The van der Waals surface area contributed by atoms with Crippen LogP contribution in [0, 0.1) is 11.6 Å². The van der Waals surface area contributed by atoms with Crippen LogP contribution >= 0.6 is 0 Å². The quantitative estimate of drug-likeness (QED) is 0.237. The van der Waals surface area contributed by atoms with Crippen LogP contribution in [0.1, 0.15) is 20.8 Å². The Balaban J connectivity index is 1.76. The standard InChI is InChI=1S/C34H29F2N/c1-34(2,3)37(32-20-11-10-19-30(32)35)33-23-29(28(22-31(33)36)25-15-8-5-9-16-25)27-18-12-17-26(21-27)24-13-6-4-7-14-24/h4-23H,1-3H3. The average molecular weight is 490 g/mol. The van der Waals surface area contributed by atoms with Gasteiger partial charge in [-0.3, -0.25) is 0 Å². The van der Waals surface area contributed by atoms with Gasteiger partial charge in [0.2, 0.25) is 0 Å². The molecule has 0 saturated heterocycles. The van der Waals surface area contributed by atoms with Crippen LogP contribution in [-0.4, -0.2) is 5.54 Å². The van der Waals surface area contributed by atoms with Crippen molar-refractivity contribution in [3.63, 3.8) is 0 Å². The predicted octanol–water partition coefficient (Wildman–Crippen LogP) is 9.90. The molecule has 0 aliphatic heterocycles. The smallest absolute Gasteiger partial charge is 0.147 e. The Labute approximate surface area is 217 Å². The summed E-state index contributed by atoms with van der Waals surface area (Å²) >= 11 is 0. The lowest BCUT2D eigenvalue weighted by molar-refractivity contribution is 0.527. The minimum Gasteiger partial charge on any atom is -0.331 e. The lowest BCUT2D eigenvalue weighted by Gasteiger charge is -2.38. The van der Waals surface area contributed by atoms with E-state index in [-0.39, 0.29) is 0 Å². The summed E-state index contributed by atoms with van der Waals surface area (Å²) in [5.74, 6) is -0.795. The first-order valence-corrected chi connectivity index (χ1v) is 12.4. The second-order valence-electron chi connectivity index (χ2n) is 10.1. The highest BCUT2D eigenvalue weighted by molar-refractivity contribution is 5.88. The molecule has 0 N–H and O–H groups in total. The van der Waals surface area contributed by atoms with E-state index >= 15 is 8.78 Å². The molecule has 1 nitrogen and oxygen atoms in total. The first-order chi connectivity index (χ1) is 17.8. The lowest BCUT2D eigenvalue weighted by atomic mass is 9.91. The number of benzene rings is 5. The molecule has 184 valence electrons. The molecule has 0 saturated carbocycles. The van der Waals surface area contributed by atoms with E-state index in [1.807, 2.05) is 87.5 Å².